The van der Waals surface area contributed by atoms with Crippen molar-refractivity contribution in [2.24, 2.45) is 23.7 Å². The van der Waals surface area contributed by atoms with Gasteiger partial charge in [0.25, 0.3) is 0 Å². The van der Waals surface area contributed by atoms with Crippen molar-refractivity contribution in [3.63, 3.8) is 0 Å². The van der Waals surface area contributed by atoms with E-state index in [1.807, 2.05) is 0 Å². The Balaban J connectivity index is 1.49. The van der Waals surface area contributed by atoms with Crippen LogP contribution >= 0.6 is 0 Å². The minimum absolute atomic E-state index is 0.218. The maximum atomic E-state index is 14.0. The van der Waals surface area contributed by atoms with Gasteiger partial charge in [-0.15, -0.1) is 0 Å². The minimum atomic E-state index is -1.56. The third kappa shape index (κ3) is 9.73. The van der Waals surface area contributed by atoms with Crippen LogP contribution in [0.25, 0.3) is 0 Å². The van der Waals surface area contributed by atoms with E-state index >= 15 is 0 Å². The molecule has 0 aromatic heterocycles. The number of nitrogens with one attached hydrogen (secondary N) is 2. The molecule has 5 atom stereocenters. The Bertz CT molecular complexity index is 1100. The fourth-order valence-corrected chi connectivity index (χ4v) is 6.28. The molecule has 0 aliphatic heterocycles. The van der Waals surface area contributed by atoms with Gasteiger partial charge in [-0.3, -0.25) is 19.2 Å². The van der Waals surface area contributed by atoms with Gasteiger partial charge in [0.1, 0.15) is 18.5 Å². The van der Waals surface area contributed by atoms with Crippen LogP contribution in [0.4, 0.5) is 13.2 Å². The molecule has 0 radical (unpaired) electrons. The second kappa shape index (κ2) is 15.9. The summed E-state index contributed by atoms with van der Waals surface area (Å²) in [7, 11) is 0. The topological polar surface area (TPSA) is 122 Å². The zero-order valence-electron chi connectivity index (χ0n) is 24.5. The number of carboxylic acids is 1. The minimum Gasteiger partial charge on any atom is -0.482 e. The maximum absolute atomic E-state index is 14.0. The molecule has 3 rings (SSSR count). The summed E-state index contributed by atoms with van der Waals surface area (Å²) >= 11 is 0. The van der Waals surface area contributed by atoms with Crippen LogP contribution in [0.15, 0.2) is 6.07 Å². The van der Waals surface area contributed by atoms with Crippen molar-refractivity contribution in [3.05, 3.63) is 29.1 Å². The SMILES string of the molecule is Cc1c(F)cc(F)c(F)c1OCC(=O)[C@H](CC(=O)O)NC(=O)CNC(=O)C1CCCC(C2CCCC[C@@H](C)CC2)CC1. The number of aliphatic carboxylic acids is 1. The summed E-state index contributed by atoms with van der Waals surface area (Å²) in [6.07, 6.45) is 11.3. The molecular formula is C31H43F3N2O6. The summed E-state index contributed by atoms with van der Waals surface area (Å²) in [6, 6.07) is -1.22. The Morgan fingerprint density at radius 2 is 1.60 bits per heavy atom. The summed E-state index contributed by atoms with van der Waals surface area (Å²) in [5.41, 5.74) is -0.368. The van der Waals surface area contributed by atoms with E-state index in [1.165, 1.54) is 38.5 Å². The Morgan fingerprint density at radius 1 is 0.929 bits per heavy atom. The lowest BCUT2D eigenvalue weighted by atomic mass is 9.76. The highest BCUT2D eigenvalue weighted by Crippen LogP contribution is 2.38. The van der Waals surface area contributed by atoms with Crippen LogP contribution in [0.3, 0.4) is 0 Å². The second-order valence-electron chi connectivity index (χ2n) is 12.0. The highest BCUT2D eigenvalue weighted by molar-refractivity contribution is 5.94. The number of ketones is 1. The van der Waals surface area contributed by atoms with Crippen LogP contribution in [0.1, 0.15) is 89.5 Å². The number of carboxylic acid groups (broad SMARTS) is 1. The molecule has 2 fully saturated rings. The Hall–Kier alpha value is -3.11. The van der Waals surface area contributed by atoms with E-state index in [2.05, 4.69) is 17.6 Å². The molecule has 2 aliphatic carbocycles. The van der Waals surface area contributed by atoms with Crippen molar-refractivity contribution >= 4 is 23.6 Å². The molecular weight excluding hydrogens is 553 g/mol. The van der Waals surface area contributed by atoms with Gasteiger partial charge < -0.3 is 20.5 Å². The van der Waals surface area contributed by atoms with Gasteiger partial charge in [0, 0.05) is 17.5 Å². The average Bonchev–Trinajstić information content (AvgIpc) is 3.18. The Morgan fingerprint density at radius 3 is 2.31 bits per heavy atom. The third-order valence-corrected chi connectivity index (χ3v) is 8.85. The summed E-state index contributed by atoms with van der Waals surface area (Å²) in [5, 5.41) is 14.1. The van der Waals surface area contributed by atoms with Gasteiger partial charge in [-0.25, -0.2) is 8.78 Å². The Labute approximate surface area is 245 Å². The molecule has 8 nitrogen and oxygen atoms in total. The number of Topliss-reactive ketones (excluding diaryl/α,β-unsaturated/α-hetero) is 1. The summed E-state index contributed by atoms with van der Waals surface area (Å²) < 4.78 is 46.3. The average molecular weight is 597 g/mol. The number of benzene rings is 1. The van der Waals surface area contributed by atoms with E-state index in [9.17, 15) is 37.5 Å². The van der Waals surface area contributed by atoms with Crippen LogP contribution in [0, 0.1) is 48.0 Å². The first kappa shape index (κ1) is 33.4. The molecule has 1 aromatic rings. The highest BCUT2D eigenvalue weighted by atomic mass is 19.2. The highest BCUT2D eigenvalue weighted by Gasteiger charge is 2.30. The van der Waals surface area contributed by atoms with Gasteiger partial charge in [0.05, 0.1) is 13.0 Å². The maximum Gasteiger partial charge on any atom is 0.305 e. The molecule has 2 amide bonds. The van der Waals surface area contributed by atoms with Gasteiger partial charge in [-0.05, 0) is 50.4 Å². The molecule has 0 saturated heterocycles. The van der Waals surface area contributed by atoms with Crippen LogP contribution in [-0.4, -0.2) is 47.9 Å². The number of halogens is 3. The molecule has 42 heavy (non-hydrogen) atoms. The number of amides is 2. The number of ether oxygens (including phenoxy) is 1. The molecule has 1 aromatic carbocycles. The Kier molecular flexibility index (Phi) is 12.7. The normalized spacial score (nSPS) is 23.9. The first-order valence-corrected chi connectivity index (χ1v) is 15.0. The van der Waals surface area contributed by atoms with E-state index in [1.54, 1.807) is 0 Å². The molecule has 3 N–H and O–H groups in total. The van der Waals surface area contributed by atoms with E-state index in [-0.39, 0.29) is 17.4 Å². The van der Waals surface area contributed by atoms with Crippen molar-refractivity contribution in [1.82, 2.24) is 10.6 Å². The summed E-state index contributed by atoms with van der Waals surface area (Å²) in [4.78, 5) is 49.3. The summed E-state index contributed by atoms with van der Waals surface area (Å²) in [6.45, 7) is 2.07. The van der Waals surface area contributed by atoms with Gasteiger partial charge in [-0.2, -0.15) is 4.39 Å². The molecule has 2 saturated carbocycles. The van der Waals surface area contributed by atoms with Crippen molar-refractivity contribution in [2.75, 3.05) is 13.2 Å². The lowest BCUT2D eigenvalue weighted by Crippen LogP contribution is -2.48. The van der Waals surface area contributed by atoms with Crippen LogP contribution in [0.2, 0.25) is 0 Å². The smallest absolute Gasteiger partial charge is 0.305 e. The number of hydrogen-bond acceptors (Lipinski definition) is 5. The van der Waals surface area contributed by atoms with Gasteiger partial charge >= 0.3 is 5.97 Å². The van der Waals surface area contributed by atoms with E-state index < -0.39 is 66.5 Å². The number of hydrogen-bond donors (Lipinski definition) is 3. The molecule has 11 heteroatoms. The van der Waals surface area contributed by atoms with Crippen molar-refractivity contribution in [3.8, 4) is 5.75 Å². The quantitative estimate of drug-likeness (QED) is 0.237. The van der Waals surface area contributed by atoms with Gasteiger partial charge in [0.15, 0.2) is 17.3 Å². The molecule has 3 unspecified atom stereocenters. The fourth-order valence-electron chi connectivity index (χ4n) is 6.28. The second-order valence-corrected chi connectivity index (χ2v) is 12.0. The number of carbonyl (C=O) groups is 4. The lowest BCUT2D eigenvalue weighted by molar-refractivity contribution is -0.140. The van der Waals surface area contributed by atoms with Crippen molar-refractivity contribution in [2.45, 2.75) is 96.9 Å². The first-order valence-electron chi connectivity index (χ1n) is 15.0. The van der Waals surface area contributed by atoms with E-state index in [0.717, 1.165) is 44.9 Å². The molecule has 234 valence electrons. The summed E-state index contributed by atoms with van der Waals surface area (Å²) in [5.74, 6) is -6.41. The standard InChI is InChI=1S/C31H43F3N2O6/c1-18-6-3-4-7-20(11-10-18)21-8-5-9-22(13-12-21)31(41)35-16-27(38)36-25(15-28(39)40)26(37)17-42-30-19(2)23(32)14-24(33)29(30)34/h14,18,20-22,25H,3-13,15-17H2,1-2H3,(H,35,41)(H,36,38)(H,39,40)/t18-,20?,21?,22?,25+/m1/s1. The molecule has 2 aliphatic rings. The predicted molar refractivity (Wildman–Crippen MR) is 149 cm³/mol. The number of carbonyl (C=O) groups excluding carboxylic acids is 3. The largest absolute Gasteiger partial charge is 0.482 e. The van der Waals surface area contributed by atoms with Gasteiger partial charge in [-0.1, -0.05) is 51.9 Å². The first-order chi connectivity index (χ1) is 20.0. The zero-order valence-corrected chi connectivity index (χ0v) is 24.5. The van der Waals surface area contributed by atoms with Crippen LogP contribution < -0.4 is 15.4 Å². The monoisotopic (exact) mass is 596 g/mol. The fraction of sp³-hybridized carbons (Fsp3) is 0.677. The van der Waals surface area contributed by atoms with E-state index in [4.69, 9.17) is 4.74 Å². The van der Waals surface area contributed by atoms with Crippen molar-refractivity contribution < 1.29 is 42.2 Å². The van der Waals surface area contributed by atoms with Crippen LogP contribution in [-0.2, 0) is 19.2 Å². The third-order valence-electron chi connectivity index (χ3n) is 8.85. The lowest BCUT2D eigenvalue weighted by Gasteiger charge is -2.29. The molecule has 0 spiro atoms. The predicted octanol–water partition coefficient (Wildman–Crippen LogP) is 5.24. The van der Waals surface area contributed by atoms with Gasteiger partial charge in [0.2, 0.25) is 17.6 Å². The van der Waals surface area contributed by atoms with Crippen molar-refractivity contribution in [1.29, 1.82) is 0 Å². The molecule has 0 heterocycles. The molecule has 0 bridgehead atoms. The van der Waals surface area contributed by atoms with Crippen LogP contribution in [0.5, 0.6) is 5.75 Å². The zero-order chi connectivity index (χ0) is 30.8. The van der Waals surface area contributed by atoms with E-state index in [0.29, 0.717) is 17.9 Å². The number of rotatable bonds is 11.